The maximum absolute atomic E-state index is 13.2. The van der Waals surface area contributed by atoms with Crippen LogP contribution in [0.1, 0.15) is 5.56 Å². The van der Waals surface area contributed by atoms with Crippen molar-refractivity contribution < 1.29 is 14.4 Å². The van der Waals surface area contributed by atoms with E-state index < -0.39 is 7.12 Å². The van der Waals surface area contributed by atoms with Crippen LogP contribution < -0.4 is 11.0 Å². The molecule has 0 fully saturated rings. The van der Waals surface area contributed by atoms with Crippen LogP contribution in [-0.4, -0.2) is 21.7 Å². The number of hydrogen-bond acceptors (Lipinski definition) is 3. The van der Waals surface area contributed by atoms with Crippen LogP contribution in [0.25, 0.3) is 0 Å². The lowest BCUT2D eigenvalue weighted by Gasteiger charge is -2.07. The summed E-state index contributed by atoms with van der Waals surface area (Å²) in [4.78, 5) is 11.8. The molecule has 0 radical (unpaired) electrons. The van der Waals surface area contributed by atoms with Gasteiger partial charge in [-0.1, -0.05) is 15.9 Å². The zero-order chi connectivity index (χ0) is 14.0. The SMILES string of the molecule is O=c1cc(B(O)O)ccn1Cc1cc(F)cc(Br)c1. The highest BCUT2D eigenvalue weighted by molar-refractivity contribution is 9.10. The Bertz CT molecular complexity index is 639. The Hall–Kier alpha value is -1.44. The Morgan fingerprint density at radius 1 is 1.26 bits per heavy atom. The number of nitrogens with zero attached hydrogens (tertiary/aromatic N) is 1. The van der Waals surface area contributed by atoms with Crippen LogP contribution in [0.4, 0.5) is 4.39 Å². The number of benzene rings is 1. The second-order valence-corrected chi connectivity index (χ2v) is 4.99. The minimum atomic E-state index is -1.68. The van der Waals surface area contributed by atoms with Gasteiger partial charge in [0.25, 0.3) is 0 Å². The van der Waals surface area contributed by atoms with E-state index in [1.54, 1.807) is 6.07 Å². The molecule has 1 heterocycles. The molecule has 0 aliphatic heterocycles. The van der Waals surface area contributed by atoms with Crippen molar-refractivity contribution in [1.29, 1.82) is 0 Å². The van der Waals surface area contributed by atoms with Gasteiger partial charge >= 0.3 is 7.12 Å². The summed E-state index contributed by atoms with van der Waals surface area (Å²) in [5.74, 6) is -0.389. The second-order valence-electron chi connectivity index (χ2n) is 4.08. The molecule has 2 N–H and O–H groups in total. The molecular formula is C12H10BBrFNO3. The minimum Gasteiger partial charge on any atom is -0.423 e. The van der Waals surface area contributed by atoms with Crippen LogP contribution in [0.5, 0.6) is 0 Å². The monoisotopic (exact) mass is 325 g/mol. The van der Waals surface area contributed by atoms with Crippen molar-refractivity contribution in [2.45, 2.75) is 6.54 Å². The fraction of sp³-hybridized carbons (Fsp3) is 0.0833. The molecule has 0 saturated heterocycles. The average Bonchev–Trinajstić information content (AvgIpc) is 2.30. The molecule has 1 aromatic heterocycles. The third-order valence-electron chi connectivity index (χ3n) is 2.59. The van der Waals surface area contributed by atoms with Crippen LogP contribution in [0.15, 0.2) is 45.8 Å². The molecule has 0 unspecified atom stereocenters. The van der Waals surface area contributed by atoms with E-state index >= 15 is 0 Å². The molecule has 0 aliphatic rings. The summed E-state index contributed by atoms with van der Waals surface area (Å²) in [6.07, 6.45) is 1.44. The van der Waals surface area contributed by atoms with Crippen molar-refractivity contribution in [2.24, 2.45) is 0 Å². The molecule has 0 aliphatic carbocycles. The molecule has 19 heavy (non-hydrogen) atoms. The van der Waals surface area contributed by atoms with Crippen LogP contribution >= 0.6 is 15.9 Å². The molecule has 4 nitrogen and oxygen atoms in total. The van der Waals surface area contributed by atoms with E-state index in [1.807, 2.05) is 0 Å². The van der Waals surface area contributed by atoms with Gasteiger partial charge in [0, 0.05) is 16.7 Å². The lowest BCUT2D eigenvalue weighted by Crippen LogP contribution is -2.35. The Morgan fingerprint density at radius 2 is 2.00 bits per heavy atom. The highest BCUT2D eigenvalue weighted by Crippen LogP contribution is 2.15. The van der Waals surface area contributed by atoms with E-state index in [0.717, 1.165) is 6.07 Å². The Labute approximate surface area is 117 Å². The number of halogens is 2. The third-order valence-corrected chi connectivity index (χ3v) is 3.05. The first-order valence-electron chi connectivity index (χ1n) is 5.47. The van der Waals surface area contributed by atoms with Crippen LogP contribution in [0.3, 0.4) is 0 Å². The zero-order valence-corrected chi connectivity index (χ0v) is 11.3. The molecule has 0 amide bonds. The van der Waals surface area contributed by atoms with E-state index in [0.29, 0.717) is 10.0 Å². The Morgan fingerprint density at radius 3 is 2.58 bits per heavy atom. The van der Waals surface area contributed by atoms with Crippen LogP contribution in [0, 0.1) is 5.82 Å². The quantitative estimate of drug-likeness (QED) is 0.807. The van der Waals surface area contributed by atoms with E-state index in [4.69, 9.17) is 10.0 Å². The van der Waals surface area contributed by atoms with Gasteiger partial charge in [-0.15, -0.1) is 0 Å². The summed E-state index contributed by atoms with van der Waals surface area (Å²) in [6.45, 7) is 0.205. The predicted molar refractivity (Wildman–Crippen MR) is 73.7 cm³/mol. The standard InChI is InChI=1S/C12H10BBrFNO3/c14-10-3-8(4-11(15)6-10)7-16-2-1-9(13(18)19)5-12(16)17/h1-6,18-19H,7H2. The van der Waals surface area contributed by atoms with Crippen molar-refractivity contribution in [1.82, 2.24) is 4.57 Å². The van der Waals surface area contributed by atoms with Gasteiger partial charge in [0.05, 0.1) is 6.54 Å². The average molecular weight is 326 g/mol. The maximum atomic E-state index is 13.2. The Balaban J connectivity index is 2.31. The van der Waals surface area contributed by atoms with Gasteiger partial charge < -0.3 is 14.6 Å². The first-order chi connectivity index (χ1) is 8.95. The number of aromatic nitrogens is 1. The normalized spacial score (nSPS) is 10.5. The molecule has 0 bridgehead atoms. The third kappa shape index (κ3) is 3.53. The van der Waals surface area contributed by atoms with E-state index in [-0.39, 0.29) is 23.4 Å². The van der Waals surface area contributed by atoms with Gasteiger partial charge in [0.15, 0.2) is 0 Å². The molecule has 0 saturated carbocycles. The topological polar surface area (TPSA) is 62.5 Å². The van der Waals surface area contributed by atoms with Gasteiger partial charge in [-0.25, -0.2) is 4.39 Å². The lowest BCUT2D eigenvalue weighted by molar-refractivity contribution is 0.425. The molecular weight excluding hydrogens is 316 g/mol. The second kappa shape index (κ2) is 5.69. The number of hydrogen-bond donors (Lipinski definition) is 2. The fourth-order valence-corrected chi connectivity index (χ4v) is 2.23. The predicted octanol–water partition coefficient (Wildman–Crippen LogP) is 0.478. The highest BCUT2D eigenvalue weighted by atomic mass is 79.9. The maximum Gasteiger partial charge on any atom is 0.488 e. The molecule has 1 aromatic carbocycles. The van der Waals surface area contributed by atoms with Gasteiger partial charge in [-0.3, -0.25) is 4.79 Å². The van der Waals surface area contributed by atoms with Gasteiger partial charge in [0.1, 0.15) is 5.82 Å². The van der Waals surface area contributed by atoms with Gasteiger partial charge in [0.2, 0.25) is 5.56 Å². The first-order valence-corrected chi connectivity index (χ1v) is 6.26. The van der Waals surface area contributed by atoms with Crippen molar-refractivity contribution in [3.8, 4) is 0 Å². The summed E-state index contributed by atoms with van der Waals surface area (Å²) in [5, 5.41) is 17.9. The van der Waals surface area contributed by atoms with Crippen LogP contribution in [-0.2, 0) is 6.54 Å². The zero-order valence-electron chi connectivity index (χ0n) is 9.75. The number of rotatable bonds is 3. The van der Waals surface area contributed by atoms with Gasteiger partial charge in [-0.2, -0.15) is 0 Å². The lowest BCUT2D eigenvalue weighted by atomic mass is 9.81. The molecule has 0 atom stereocenters. The summed E-state index contributed by atoms with van der Waals surface area (Å²) in [7, 11) is -1.68. The minimum absolute atomic E-state index is 0.127. The molecule has 0 spiro atoms. The molecule has 2 aromatic rings. The van der Waals surface area contributed by atoms with E-state index in [9.17, 15) is 9.18 Å². The Kier molecular flexibility index (Phi) is 4.19. The summed E-state index contributed by atoms with van der Waals surface area (Å²) < 4.78 is 15.2. The van der Waals surface area contributed by atoms with Crippen molar-refractivity contribution in [2.75, 3.05) is 0 Å². The molecule has 7 heteroatoms. The number of pyridine rings is 1. The van der Waals surface area contributed by atoms with E-state index in [2.05, 4.69) is 15.9 Å². The largest absolute Gasteiger partial charge is 0.488 e. The smallest absolute Gasteiger partial charge is 0.423 e. The summed E-state index contributed by atoms with van der Waals surface area (Å²) in [6, 6.07) is 6.95. The van der Waals surface area contributed by atoms with Gasteiger partial charge in [-0.05, 0) is 35.3 Å². The first kappa shape index (κ1) is 14.0. The van der Waals surface area contributed by atoms with Crippen LogP contribution in [0.2, 0.25) is 0 Å². The summed E-state index contributed by atoms with van der Waals surface area (Å²) >= 11 is 3.18. The highest BCUT2D eigenvalue weighted by Gasteiger charge is 2.12. The fourth-order valence-electron chi connectivity index (χ4n) is 1.71. The van der Waals surface area contributed by atoms with E-state index in [1.165, 1.54) is 29.0 Å². The van der Waals surface area contributed by atoms with Crippen molar-refractivity contribution in [3.05, 3.63) is 62.7 Å². The molecule has 2 rings (SSSR count). The summed E-state index contributed by atoms with van der Waals surface area (Å²) in [5.41, 5.74) is 0.374. The van der Waals surface area contributed by atoms with Crippen molar-refractivity contribution in [3.63, 3.8) is 0 Å². The molecule has 98 valence electrons. The van der Waals surface area contributed by atoms with Crippen molar-refractivity contribution >= 4 is 28.5 Å².